The summed E-state index contributed by atoms with van der Waals surface area (Å²) in [7, 11) is 1.93. The Morgan fingerprint density at radius 1 is 1.11 bits per heavy atom. The maximum absolute atomic E-state index is 13.6. The van der Waals surface area contributed by atoms with Crippen molar-refractivity contribution in [3.63, 3.8) is 0 Å². The molecule has 1 aromatic heterocycles. The van der Waals surface area contributed by atoms with Crippen LogP contribution in [0.4, 0.5) is 0 Å². The normalized spacial score (nSPS) is 25.7. The lowest BCUT2D eigenvalue weighted by molar-refractivity contribution is -0.137. The van der Waals surface area contributed by atoms with Crippen molar-refractivity contribution >= 4 is 18.3 Å². The molecule has 4 rings (SSSR count). The Kier molecular flexibility index (Phi) is 6.55. The number of carbonyl (C=O) groups is 1. The topological polar surface area (TPSA) is 50.2 Å². The minimum Gasteiger partial charge on any atom is -0.335 e. The van der Waals surface area contributed by atoms with E-state index in [1.54, 1.807) is 0 Å². The Balaban J connectivity index is 0.00000210. The highest BCUT2D eigenvalue weighted by Gasteiger charge is 2.39. The Bertz CT molecular complexity index is 748. The number of halogens is 1. The highest BCUT2D eigenvalue weighted by Crippen LogP contribution is 2.35. The summed E-state index contributed by atoms with van der Waals surface area (Å²) in [6.07, 6.45) is 8.53. The van der Waals surface area contributed by atoms with Gasteiger partial charge in [-0.3, -0.25) is 9.48 Å². The zero-order valence-corrected chi connectivity index (χ0v) is 16.7. The van der Waals surface area contributed by atoms with Crippen LogP contribution in [0.25, 0.3) is 0 Å². The number of aromatic nitrogens is 2. The van der Waals surface area contributed by atoms with Crippen LogP contribution in [-0.2, 0) is 11.8 Å². The zero-order chi connectivity index (χ0) is 17.9. The summed E-state index contributed by atoms with van der Waals surface area (Å²) in [6, 6.07) is 10.8. The first-order chi connectivity index (χ1) is 12.7. The van der Waals surface area contributed by atoms with Crippen molar-refractivity contribution in [2.75, 3.05) is 19.6 Å². The fourth-order valence-corrected chi connectivity index (χ4v) is 4.53. The Hall–Kier alpha value is -1.85. The lowest BCUT2D eigenvalue weighted by Gasteiger charge is -2.33. The van der Waals surface area contributed by atoms with Crippen LogP contribution in [0.5, 0.6) is 0 Å². The molecule has 1 aromatic carbocycles. The molecule has 0 bridgehead atoms. The second-order valence-corrected chi connectivity index (χ2v) is 7.63. The van der Waals surface area contributed by atoms with Crippen molar-refractivity contribution in [2.24, 2.45) is 13.0 Å². The molecule has 2 fully saturated rings. The number of benzene rings is 1. The summed E-state index contributed by atoms with van der Waals surface area (Å²) >= 11 is 0. The number of carbonyl (C=O) groups excluding carboxylic acids is 1. The summed E-state index contributed by atoms with van der Waals surface area (Å²) in [5.41, 5.74) is 2.44. The van der Waals surface area contributed by atoms with Gasteiger partial charge in [0.25, 0.3) is 0 Å². The lowest BCUT2D eigenvalue weighted by atomic mass is 9.88. The molecule has 2 aliphatic heterocycles. The molecule has 0 spiro atoms. The quantitative estimate of drug-likeness (QED) is 0.877. The highest BCUT2D eigenvalue weighted by molar-refractivity contribution is 5.85. The van der Waals surface area contributed by atoms with Crippen molar-refractivity contribution < 1.29 is 4.79 Å². The summed E-state index contributed by atoms with van der Waals surface area (Å²) in [5.74, 6) is 0.527. The predicted molar refractivity (Wildman–Crippen MR) is 109 cm³/mol. The molecule has 6 heteroatoms. The molecular weight excluding hydrogens is 360 g/mol. The molecule has 0 radical (unpaired) electrons. The Morgan fingerprint density at radius 3 is 2.67 bits per heavy atom. The molecule has 2 aromatic rings. The number of rotatable bonds is 3. The van der Waals surface area contributed by atoms with Gasteiger partial charge in [-0.2, -0.15) is 5.10 Å². The fourth-order valence-electron chi connectivity index (χ4n) is 4.53. The van der Waals surface area contributed by atoms with E-state index in [2.05, 4.69) is 45.8 Å². The number of hydrogen-bond acceptors (Lipinski definition) is 3. The molecule has 1 N–H and O–H groups in total. The first-order valence-corrected chi connectivity index (χ1v) is 9.79. The standard InChI is InChI=1S/C21H28N4O.ClH/c1-24-15-17(12-23-24)18-13-22-14-19(18)21(26)25-11-7-3-6-10-20(25)16-8-4-2-5-9-16;/h2,4-5,8-9,12,15,18-20,22H,3,6-7,10-11,13-14H2,1H3;1H/t18-,19+,20?;/m1./s1. The molecule has 146 valence electrons. The average molecular weight is 389 g/mol. The van der Waals surface area contributed by atoms with Crippen LogP contribution in [0.2, 0.25) is 0 Å². The SMILES string of the molecule is Cl.Cn1cc([C@H]2CNC[C@@H]2C(=O)N2CCCCCC2c2ccccc2)cn1. The molecule has 5 nitrogen and oxygen atoms in total. The first-order valence-electron chi connectivity index (χ1n) is 9.79. The lowest BCUT2D eigenvalue weighted by Crippen LogP contribution is -2.41. The monoisotopic (exact) mass is 388 g/mol. The maximum Gasteiger partial charge on any atom is 0.228 e. The first kappa shape index (κ1) is 19.9. The van der Waals surface area contributed by atoms with Crippen molar-refractivity contribution in [3.05, 3.63) is 53.9 Å². The molecular formula is C21H29ClN4O. The van der Waals surface area contributed by atoms with Crippen molar-refractivity contribution in [1.29, 1.82) is 0 Å². The van der Waals surface area contributed by atoms with Crippen LogP contribution in [0.15, 0.2) is 42.7 Å². The van der Waals surface area contributed by atoms with Crippen LogP contribution in [0.3, 0.4) is 0 Å². The smallest absolute Gasteiger partial charge is 0.228 e. The number of nitrogens with one attached hydrogen (secondary N) is 1. The highest BCUT2D eigenvalue weighted by atomic mass is 35.5. The van der Waals surface area contributed by atoms with Gasteiger partial charge in [0.05, 0.1) is 18.2 Å². The van der Waals surface area contributed by atoms with Crippen LogP contribution in [-0.4, -0.2) is 40.2 Å². The van der Waals surface area contributed by atoms with E-state index in [0.717, 1.165) is 32.5 Å². The number of nitrogens with zero attached hydrogens (tertiary/aromatic N) is 3. The van der Waals surface area contributed by atoms with Gasteiger partial charge in [0.2, 0.25) is 5.91 Å². The third-order valence-electron chi connectivity index (χ3n) is 5.90. The van der Waals surface area contributed by atoms with E-state index in [9.17, 15) is 4.79 Å². The molecule has 1 unspecified atom stereocenters. The van der Waals surface area contributed by atoms with Gasteiger partial charge < -0.3 is 10.2 Å². The van der Waals surface area contributed by atoms with E-state index >= 15 is 0 Å². The van der Waals surface area contributed by atoms with Crippen LogP contribution < -0.4 is 5.32 Å². The molecule has 2 aliphatic rings. The van der Waals surface area contributed by atoms with Crippen molar-refractivity contribution in [3.8, 4) is 0 Å². The summed E-state index contributed by atoms with van der Waals surface area (Å²) in [5, 5.41) is 7.74. The van der Waals surface area contributed by atoms with E-state index in [4.69, 9.17) is 0 Å². The van der Waals surface area contributed by atoms with Gasteiger partial charge in [-0.25, -0.2) is 0 Å². The Labute approximate surface area is 167 Å². The van der Waals surface area contributed by atoms with Gasteiger partial charge in [0.1, 0.15) is 0 Å². The summed E-state index contributed by atoms with van der Waals surface area (Å²) < 4.78 is 1.83. The number of aryl methyl sites for hydroxylation is 1. The number of hydrogen-bond donors (Lipinski definition) is 1. The average Bonchev–Trinajstić information content (AvgIpc) is 3.24. The molecule has 0 saturated carbocycles. The second-order valence-electron chi connectivity index (χ2n) is 7.63. The molecule has 3 atom stereocenters. The van der Waals surface area contributed by atoms with Gasteiger partial charge in [-0.15, -0.1) is 12.4 Å². The van der Waals surface area contributed by atoms with Gasteiger partial charge in [-0.1, -0.05) is 43.2 Å². The van der Waals surface area contributed by atoms with Crippen molar-refractivity contribution in [2.45, 2.75) is 37.6 Å². The van der Waals surface area contributed by atoms with Crippen molar-refractivity contribution in [1.82, 2.24) is 20.0 Å². The number of likely N-dealkylation sites (tertiary alicyclic amines) is 1. The summed E-state index contributed by atoms with van der Waals surface area (Å²) in [4.78, 5) is 15.8. The van der Waals surface area contributed by atoms with Gasteiger partial charge >= 0.3 is 0 Å². The molecule has 2 saturated heterocycles. The number of amides is 1. The largest absolute Gasteiger partial charge is 0.335 e. The second kappa shape index (κ2) is 8.89. The minimum atomic E-state index is 0. The van der Waals surface area contributed by atoms with E-state index in [1.165, 1.54) is 24.0 Å². The summed E-state index contributed by atoms with van der Waals surface area (Å²) in [6.45, 7) is 2.48. The molecule has 3 heterocycles. The van der Waals surface area contributed by atoms with E-state index in [-0.39, 0.29) is 30.3 Å². The van der Waals surface area contributed by atoms with E-state index in [0.29, 0.717) is 5.91 Å². The van der Waals surface area contributed by atoms with Crippen LogP contribution >= 0.6 is 12.4 Å². The fraction of sp³-hybridized carbons (Fsp3) is 0.524. The minimum absolute atomic E-state index is 0. The van der Waals surface area contributed by atoms with Crippen LogP contribution in [0.1, 0.15) is 48.8 Å². The molecule has 27 heavy (non-hydrogen) atoms. The Morgan fingerprint density at radius 2 is 1.93 bits per heavy atom. The van der Waals surface area contributed by atoms with E-state index < -0.39 is 0 Å². The van der Waals surface area contributed by atoms with E-state index in [1.807, 2.05) is 24.0 Å². The zero-order valence-electron chi connectivity index (χ0n) is 15.9. The predicted octanol–water partition coefficient (Wildman–Crippen LogP) is 3.29. The molecule has 1 amide bonds. The third-order valence-corrected chi connectivity index (χ3v) is 5.90. The molecule has 0 aliphatic carbocycles. The van der Waals surface area contributed by atoms with Gasteiger partial charge in [-0.05, 0) is 24.0 Å². The van der Waals surface area contributed by atoms with Gasteiger partial charge in [0, 0.05) is 38.8 Å². The maximum atomic E-state index is 13.6. The van der Waals surface area contributed by atoms with Crippen LogP contribution in [0, 0.1) is 5.92 Å². The van der Waals surface area contributed by atoms with Gasteiger partial charge in [0.15, 0.2) is 0 Å². The third kappa shape index (κ3) is 4.19.